The third kappa shape index (κ3) is 3.69. The molecule has 4 rings (SSSR count). The van der Waals surface area contributed by atoms with Crippen LogP contribution in [0.15, 0.2) is 24.3 Å². The number of hydrogen-bond donors (Lipinski definition) is 1. The predicted molar refractivity (Wildman–Crippen MR) is 105 cm³/mol. The van der Waals surface area contributed by atoms with E-state index in [1.54, 1.807) is 7.11 Å². The number of anilines is 1. The third-order valence-corrected chi connectivity index (χ3v) is 6.24. The first-order valence-electron chi connectivity index (χ1n) is 9.33. The lowest BCUT2D eigenvalue weighted by Gasteiger charge is -2.14. The zero-order valence-corrected chi connectivity index (χ0v) is 16.3. The van der Waals surface area contributed by atoms with Crippen molar-refractivity contribution >= 4 is 28.3 Å². The van der Waals surface area contributed by atoms with Gasteiger partial charge in [-0.15, -0.1) is 11.3 Å². The zero-order chi connectivity index (χ0) is 19.0. The maximum Gasteiger partial charge on any atom is 0.231 e. The number of carbonyl (C=O) groups is 2. The van der Waals surface area contributed by atoms with E-state index >= 15 is 0 Å². The van der Waals surface area contributed by atoms with Crippen molar-refractivity contribution in [3.8, 4) is 17.0 Å². The van der Waals surface area contributed by atoms with Crippen LogP contribution in [0.3, 0.4) is 0 Å². The molecule has 2 aromatic rings. The molecule has 1 saturated carbocycles. The number of ether oxygens (including phenoxy) is 1. The normalized spacial score (nSPS) is 19.4. The quantitative estimate of drug-likeness (QED) is 0.828. The number of carbonyl (C=O) groups excluding carboxylic acids is 2. The van der Waals surface area contributed by atoms with Crippen molar-refractivity contribution in [2.24, 2.45) is 5.92 Å². The summed E-state index contributed by atoms with van der Waals surface area (Å²) in [4.78, 5) is 32.4. The molecule has 1 aliphatic heterocycles. The summed E-state index contributed by atoms with van der Waals surface area (Å²) in [5, 5.41) is 3.53. The number of rotatable bonds is 6. The Morgan fingerprint density at radius 1 is 1.33 bits per heavy atom. The van der Waals surface area contributed by atoms with Crippen molar-refractivity contribution in [1.29, 1.82) is 0 Å². The topological polar surface area (TPSA) is 71.5 Å². The molecule has 2 fully saturated rings. The lowest BCUT2D eigenvalue weighted by Crippen LogP contribution is -2.29. The largest absolute Gasteiger partial charge is 0.497 e. The first-order chi connectivity index (χ1) is 13.1. The molecule has 142 valence electrons. The fourth-order valence-corrected chi connectivity index (χ4v) is 4.40. The van der Waals surface area contributed by atoms with Gasteiger partial charge >= 0.3 is 0 Å². The lowest BCUT2D eigenvalue weighted by atomic mass is 10.1. The van der Waals surface area contributed by atoms with Gasteiger partial charge in [0.1, 0.15) is 5.75 Å². The predicted octanol–water partition coefficient (Wildman–Crippen LogP) is 3.33. The number of methoxy groups -OCH3 is 1. The molecule has 1 atom stereocenters. The summed E-state index contributed by atoms with van der Waals surface area (Å²) in [5.41, 5.74) is 1.89. The van der Waals surface area contributed by atoms with Crippen molar-refractivity contribution in [3.05, 3.63) is 29.1 Å². The highest BCUT2D eigenvalue weighted by Gasteiger charge is 2.41. The Morgan fingerprint density at radius 2 is 2.07 bits per heavy atom. The fraction of sp³-hybridized carbons (Fsp3) is 0.450. The van der Waals surface area contributed by atoms with Crippen LogP contribution in [0.5, 0.6) is 5.75 Å². The van der Waals surface area contributed by atoms with Crippen LogP contribution in [0, 0.1) is 5.92 Å². The molecule has 0 radical (unpaired) electrons. The van der Waals surface area contributed by atoms with E-state index in [1.165, 1.54) is 11.3 Å². The molecule has 1 aromatic carbocycles. The van der Waals surface area contributed by atoms with Gasteiger partial charge in [-0.2, -0.15) is 0 Å². The molecule has 0 bridgehead atoms. The molecule has 7 heteroatoms. The Kier molecular flexibility index (Phi) is 4.86. The summed E-state index contributed by atoms with van der Waals surface area (Å²) in [7, 11) is 1.64. The number of benzene rings is 1. The summed E-state index contributed by atoms with van der Waals surface area (Å²) in [6.45, 7) is 2.61. The van der Waals surface area contributed by atoms with E-state index in [0.717, 1.165) is 41.1 Å². The summed E-state index contributed by atoms with van der Waals surface area (Å²) >= 11 is 1.50. The molecule has 1 unspecified atom stereocenters. The summed E-state index contributed by atoms with van der Waals surface area (Å²) in [5.74, 6) is 0.511. The van der Waals surface area contributed by atoms with Gasteiger partial charge in [-0.3, -0.25) is 9.59 Å². The lowest BCUT2D eigenvalue weighted by molar-refractivity contribution is -0.128. The first kappa shape index (κ1) is 18.0. The van der Waals surface area contributed by atoms with Crippen molar-refractivity contribution in [1.82, 2.24) is 9.88 Å². The van der Waals surface area contributed by atoms with Gasteiger partial charge in [0.05, 0.1) is 18.7 Å². The van der Waals surface area contributed by atoms with E-state index in [-0.39, 0.29) is 17.7 Å². The number of hydrogen-bond acceptors (Lipinski definition) is 5. The van der Waals surface area contributed by atoms with Crippen LogP contribution in [0.25, 0.3) is 11.3 Å². The van der Waals surface area contributed by atoms with E-state index in [1.807, 2.05) is 29.2 Å². The van der Waals surface area contributed by atoms with Crippen LogP contribution in [0.4, 0.5) is 5.13 Å². The molecule has 2 aliphatic rings. The second-order valence-corrected chi connectivity index (χ2v) is 8.12. The Labute approximate surface area is 162 Å². The average molecular weight is 385 g/mol. The van der Waals surface area contributed by atoms with Crippen LogP contribution in [-0.2, 0) is 16.0 Å². The fourth-order valence-electron chi connectivity index (χ4n) is 3.47. The van der Waals surface area contributed by atoms with Gasteiger partial charge in [-0.25, -0.2) is 4.98 Å². The zero-order valence-electron chi connectivity index (χ0n) is 15.5. The summed E-state index contributed by atoms with van der Waals surface area (Å²) < 4.78 is 5.21. The van der Waals surface area contributed by atoms with E-state index in [9.17, 15) is 9.59 Å². The number of aryl methyl sites for hydroxylation is 1. The van der Waals surface area contributed by atoms with Crippen LogP contribution < -0.4 is 10.1 Å². The van der Waals surface area contributed by atoms with Crippen LogP contribution >= 0.6 is 11.3 Å². The van der Waals surface area contributed by atoms with Gasteiger partial charge in [0.2, 0.25) is 11.8 Å². The average Bonchev–Trinajstić information content (AvgIpc) is 3.33. The van der Waals surface area contributed by atoms with Crippen LogP contribution in [-0.4, -0.2) is 41.4 Å². The highest BCUT2D eigenvalue weighted by atomic mass is 32.1. The maximum absolute atomic E-state index is 12.6. The molecule has 1 aromatic heterocycles. The second-order valence-electron chi connectivity index (χ2n) is 7.04. The molecule has 2 heterocycles. The van der Waals surface area contributed by atoms with Gasteiger partial charge in [0.15, 0.2) is 5.13 Å². The van der Waals surface area contributed by atoms with Crippen molar-refractivity contribution in [2.75, 3.05) is 19.0 Å². The first-order valence-corrected chi connectivity index (χ1v) is 10.1. The van der Waals surface area contributed by atoms with Crippen molar-refractivity contribution in [3.63, 3.8) is 0 Å². The minimum atomic E-state index is -0.281. The summed E-state index contributed by atoms with van der Waals surface area (Å²) in [6.07, 6.45) is 3.28. The Balaban J connectivity index is 1.48. The van der Waals surface area contributed by atoms with Gasteiger partial charge in [-0.1, -0.05) is 6.92 Å². The van der Waals surface area contributed by atoms with Crippen LogP contribution in [0.1, 0.15) is 31.1 Å². The number of nitrogens with one attached hydrogen (secondary N) is 1. The van der Waals surface area contributed by atoms with Crippen molar-refractivity contribution in [2.45, 2.75) is 38.6 Å². The minimum Gasteiger partial charge on any atom is -0.497 e. The molecule has 1 aliphatic carbocycles. The SMILES string of the molecule is CCc1sc(NC(=O)C2CC(=O)N(C3CC3)C2)nc1-c1ccc(OC)cc1. The highest BCUT2D eigenvalue weighted by Crippen LogP contribution is 2.35. The molecule has 1 saturated heterocycles. The van der Waals surface area contributed by atoms with E-state index in [0.29, 0.717) is 24.1 Å². The van der Waals surface area contributed by atoms with Gasteiger partial charge in [-0.05, 0) is 43.5 Å². The molecular formula is C20H23N3O3S. The van der Waals surface area contributed by atoms with Crippen LogP contribution in [0.2, 0.25) is 0 Å². The number of nitrogens with zero attached hydrogens (tertiary/aromatic N) is 2. The number of thiazole rings is 1. The maximum atomic E-state index is 12.6. The van der Waals surface area contributed by atoms with Gasteiger partial charge in [0, 0.05) is 29.4 Å². The Bertz CT molecular complexity index is 858. The summed E-state index contributed by atoms with van der Waals surface area (Å²) in [6, 6.07) is 8.12. The highest BCUT2D eigenvalue weighted by molar-refractivity contribution is 7.16. The molecule has 1 N–H and O–H groups in total. The molecule has 6 nitrogen and oxygen atoms in total. The molecule has 27 heavy (non-hydrogen) atoms. The second kappa shape index (κ2) is 7.31. The molecule has 2 amide bonds. The van der Waals surface area contributed by atoms with E-state index < -0.39 is 0 Å². The Morgan fingerprint density at radius 3 is 2.70 bits per heavy atom. The molecular weight excluding hydrogens is 362 g/mol. The monoisotopic (exact) mass is 385 g/mol. The van der Waals surface area contributed by atoms with Crippen molar-refractivity contribution < 1.29 is 14.3 Å². The number of aromatic nitrogens is 1. The minimum absolute atomic E-state index is 0.102. The van der Waals surface area contributed by atoms with Gasteiger partial charge in [0.25, 0.3) is 0 Å². The van der Waals surface area contributed by atoms with E-state index in [4.69, 9.17) is 4.74 Å². The third-order valence-electron chi connectivity index (χ3n) is 5.13. The number of likely N-dealkylation sites (tertiary alicyclic amines) is 1. The van der Waals surface area contributed by atoms with Gasteiger partial charge < -0.3 is 15.0 Å². The smallest absolute Gasteiger partial charge is 0.231 e. The standard InChI is InChI=1S/C20H23N3O3S/c1-3-16-18(12-4-8-15(26-2)9-5-12)21-20(27-16)22-19(25)13-10-17(24)23(11-13)14-6-7-14/h4-5,8-9,13-14H,3,6-7,10-11H2,1-2H3,(H,21,22,25). The number of amides is 2. The Hall–Kier alpha value is -2.41. The molecule has 0 spiro atoms. The van der Waals surface area contributed by atoms with E-state index in [2.05, 4.69) is 17.2 Å².